The van der Waals surface area contributed by atoms with E-state index in [9.17, 15) is 0 Å². The highest BCUT2D eigenvalue weighted by Gasteiger charge is 2.04. The Labute approximate surface area is 105 Å². The minimum absolute atomic E-state index is 0.673. The van der Waals surface area contributed by atoms with Crippen LogP contribution in [-0.2, 0) is 0 Å². The van der Waals surface area contributed by atoms with E-state index in [1.807, 2.05) is 24.3 Å². The molecule has 0 radical (unpaired) electrons. The van der Waals surface area contributed by atoms with E-state index in [0.29, 0.717) is 5.02 Å². The largest absolute Gasteiger partial charge is 0.398 e. The monoisotopic (exact) mass is 249 g/mol. The number of hydrogen-bond donors (Lipinski definition) is 1. The SMILES string of the molecule is Cc1ccccc1Sc1ccc(Cl)cc1N. The highest BCUT2D eigenvalue weighted by Crippen LogP contribution is 2.34. The van der Waals surface area contributed by atoms with Gasteiger partial charge in [0.1, 0.15) is 0 Å². The summed E-state index contributed by atoms with van der Waals surface area (Å²) in [7, 11) is 0. The van der Waals surface area contributed by atoms with Gasteiger partial charge in [-0.05, 0) is 36.8 Å². The Bertz CT molecular complexity index is 511. The van der Waals surface area contributed by atoms with Crippen LogP contribution in [0.3, 0.4) is 0 Å². The van der Waals surface area contributed by atoms with Crippen LogP contribution in [-0.4, -0.2) is 0 Å². The fourth-order valence-electron chi connectivity index (χ4n) is 1.40. The molecule has 3 heteroatoms. The van der Waals surface area contributed by atoms with Crippen molar-refractivity contribution in [2.45, 2.75) is 16.7 Å². The van der Waals surface area contributed by atoms with Crippen LogP contribution in [0.25, 0.3) is 0 Å². The molecule has 0 aliphatic rings. The number of benzene rings is 2. The van der Waals surface area contributed by atoms with Crippen LogP contribution >= 0.6 is 23.4 Å². The van der Waals surface area contributed by atoms with Gasteiger partial charge in [-0.3, -0.25) is 0 Å². The van der Waals surface area contributed by atoms with Crippen molar-refractivity contribution in [2.75, 3.05) is 5.73 Å². The van der Waals surface area contributed by atoms with Gasteiger partial charge in [-0.1, -0.05) is 41.6 Å². The number of aryl methyl sites for hydroxylation is 1. The van der Waals surface area contributed by atoms with Crippen LogP contribution in [0.1, 0.15) is 5.56 Å². The smallest absolute Gasteiger partial charge is 0.0470 e. The standard InChI is InChI=1S/C13H12ClNS/c1-9-4-2-3-5-12(9)16-13-7-6-10(14)8-11(13)15/h2-8H,15H2,1H3. The molecule has 2 rings (SSSR count). The summed E-state index contributed by atoms with van der Waals surface area (Å²) in [5.74, 6) is 0. The Morgan fingerprint density at radius 3 is 2.50 bits per heavy atom. The lowest BCUT2D eigenvalue weighted by Crippen LogP contribution is -1.88. The fourth-order valence-corrected chi connectivity index (χ4v) is 2.51. The lowest BCUT2D eigenvalue weighted by atomic mass is 10.2. The van der Waals surface area contributed by atoms with Crippen molar-refractivity contribution >= 4 is 29.1 Å². The Morgan fingerprint density at radius 1 is 1.06 bits per heavy atom. The van der Waals surface area contributed by atoms with Crippen molar-refractivity contribution < 1.29 is 0 Å². The van der Waals surface area contributed by atoms with Gasteiger partial charge in [-0.2, -0.15) is 0 Å². The zero-order valence-corrected chi connectivity index (χ0v) is 10.5. The maximum atomic E-state index is 5.91. The van der Waals surface area contributed by atoms with Crippen LogP contribution in [0, 0.1) is 6.92 Å². The molecule has 0 bridgehead atoms. The summed E-state index contributed by atoms with van der Waals surface area (Å²) in [4.78, 5) is 2.26. The summed E-state index contributed by atoms with van der Waals surface area (Å²) in [6, 6.07) is 13.8. The lowest BCUT2D eigenvalue weighted by molar-refractivity contribution is 1.29. The highest BCUT2D eigenvalue weighted by atomic mass is 35.5. The number of anilines is 1. The summed E-state index contributed by atoms with van der Waals surface area (Å²) in [5, 5.41) is 0.673. The third kappa shape index (κ3) is 2.52. The molecule has 0 fully saturated rings. The van der Waals surface area contributed by atoms with Gasteiger partial charge in [0, 0.05) is 20.5 Å². The van der Waals surface area contributed by atoms with Gasteiger partial charge >= 0.3 is 0 Å². The van der Waals surface area contributed by atoms with E-state index in [4.69, 9.17) is 17.3 Å². The third-order valence-electron chi connectivity index (χ3n) is 2.29. The highest BCUT2D eigenvalue weighted by molar-refractivity contribution is 7.99. The zero-order valence-electron chi connectivity index (χ0n) is 8.91. The van der Waals surface area contributed by atoms with Crippen molar-refractivity contribution in [3.8, 4) is 0 Å². The van der Waals surface area contributed by atoms with E-state index in [1.165, 1.54) is 10.5 Å². The van der Waals surface area contributed by atoms with Crippen LogP contribution in [0.5, 0.6) is 0 Å². The Balaban J connectivity index is 2.31. The molecule has 0 saturated heterocycles. The first-order valence-corrected chi connectivity index (χ1v) is 6.15. The van der Waals surface area contributed by atoms with Crippen molar-refractivity contribution in [1.29, 1.82) is 0 Å². The van der Waals surface area contributed by atoms with Gasteiger partial charge in [0.25, 0.3) is 0 Å². The predicted octanol–water partition coefficient (Wildman–Crippen LogP) is 4.38. The maximum absolute atomic E-state index is 5.91. The Hall–Kier alpha value is -1.12. The van der Waals surface area contributed by atoms with Crippen LogP contribution < -0.4 is 5.73 Å². The van der Waals surface area contributed by atoms with Gasteiger partial charge in [-0.15, -0.1) is 0 Å². The molecule has 2 aromatic rings. The lowest BCUT2D eigenvalue weighted by Gasteiger charge is -2.07. The fraction of sp³-hybridized carbons (Fsp3) is 0.0769. The summed E-state index contributed by atoms with van der Waals surface area (Å²) in [6.45, 7) is 2.09. The molecular weight excluding hydrogens is 238 g/mol. The quantitative estimate of drug-likeness (QED) is 0.800. The summed E-state index contributed by atoms with van der Waals surface area (Å²) in [6.07, 6.45) is 0. The summed E-state index contributed by atoms with van der Waals surface area (Å²) in [5.41, 5.74) is 7.89. The minimum atomic E-state index is 0.673. The van der Waals surface area contributed by atoms with Gasteiger partial charge < -0.3 is 5.73 Å². The number of nitrogen functional groups attached to an aromatic ring is 1. The first kappa shape index (κ1) is 11.4. The number of nitrogens with two attached hydrogens (primary N) is 1. The number of rotatable bonds is 2. The van der Waals surface area contributed by atoms with Crippen molar-refractivity contribution in [2.24, 2.45) is 0 Å². The summed E-state index contributed by atoms with van der Waals surface area (Å²) >= 11 is 7.53. The normalized spacial score (nSPS) is 10.4. The zero-order chi connectivity index (χ0) is 11.5. The van der Waals surface area contributed by atoms with E-state index < -0.39 is 0 Å². The van der Waals surface area contributed by atoms with Crippen LogP contribution in [0.4, 0.5) is 5.69 Å². The van der Waals surface area contributed by atoms with Gasteiger partial charge in [-0.25, -0.2) is 0 Å². The van der Waals surface area contributed by atoms with Gasteiger partial charge in [0.2, 0.25) is 0 Å². The first-order valence-electron chi connectivity index (χ1n) is 4.95. The molecule has 82 valence electrons. The van der Waals surface area contributed by atoms with Crippen LogP contribution in [0.2, 0.25) is 5.02 Å². The van der Waals surface area contributed by atoms with E-state index in [-0.39, 0.29) is 0 Å². The van der Waals surface area contributed by atoms with Crippen molar-refractivity contribution in [3.05, 3.63) is 53.1 Å². The maximum Gasteiger partial charge on any atom is 0.0470 e. The molecule has 0 aliphatic heterocycles. The third-order valence-corrected chi connectivity index (χ3v) is 3.79. The molecule has 0 amide bonds. The molecule has 0 saturated carbocycles. The molecule has 0 spiro atoms. The molecule has 1 nitrogen and oxygen atoms in total. The first-order chi connectivity index (χ1) is 7.66. The molecule has 2 aromatic carbocycles. The van der Waals surface area contributed by atoms with Crippen molar-refractivity contribution in [1.82, 2.24) is 0 Å². The molecule has 0 atom stereocenters. The molecule has 2 N–H and O–H groups in total. The molecule has 0 heterocycles. The molecular formula is C13H12ClNS. The summed E-state index contributed by atoms with van der Waals surface area (Å²) < 4.78 is 0. The molecule has 16 heavy (non-hydrogen) atoms. The van der Waals surface area contributed by atoms with Gasteiger partial charge in [0.15, 0.2) is 0 Å². The van der Waals surface area contributed by atoms with E-state index in [0.717, 1.165) is 10.6 Å². The Kier molecular flexibility index (Phi) is 3.42. The topological polar surface area (TPSA) is 26.0 Å². The minimum Gasteiger partial charge on any atom is -0.398 e. The second kappa shape index (κ2) is 4.81. The number of halogens is 1. The second-order valence-electron chi connectivity index (χ2n) is 3.55. The molecule has 0 aromatic heterocycles. The van der Waals surface area contributed by atoms with Crippen molar-refractivity contribution in [3.63, 3.8) is 0 Å². The molecule has 0 unspecified atom stereocenters. The van der Waals surface area contributed by atoms with E-state index in [1.54, 1.807) is 17.8 Å². The average molecular weight is 250 g/mol. The average Bonchev–Trinajstić information content (AvgIpc) is 2.25. The predicted molar refractivity (Wildman–Crippen MR) is 71.2 cm³/mol. The van der Waals surface area contributed by atoms with Crippen LogP contribution in [0.15, 0.2) is 52.3 Å². The number of hydrogen-bond acceptors (Lipinski definition) is 2. The van der Waals surface area contributed by atoms with E-state index >= 15 is 0 Å². The Morgan fingerprint density at radius 2 is 1.81 bits per heavy atom. The van der Waals surface area contributed by atoms with Gasteiger partial charge in [0.05, 0.1) is 0 Å². The van der Waals surface area contributed by atoms with E-state index in [2.05, 4.69) is 19.1 Å². The second-order valence-corrected chi connectivity index (χ2v) is 5.07. The molecule has 0 aliphatic carbocycles.